The standard InChI is InChI=1S/C17H11N3OS2/c21-10-13-9-20(19-16(13)15-7-4-8-22-15)17-18-14(11-23-17)12-5-2-1-3-6-12/h1-11H. The number of nitrogens with zero attached hydrogens (tertiary/aromatic N) is 3. The van der Waals surface area contributed by atoms with Gasteiger partial charge in [0.15, 0.2) is 6.29 Å². The van der Waals surface area contributed by atoms with Crippen LogP contribution in [0.15, 0.2) is 59.4 Å². The minimum atomic E-state index is 0.573. The third-order valence-electron chi connectivity index (χ3n) is 3.38. The molecule has 0 aliphatic rings. The lowest BCUT2D eigenvalue weighted by molar-refractivity contribution is 0.112. The fraction of sp³-hybridized carbons (Fsp3) is 0. The molecule has 0 aliphatic heterocycles. The summed E-state index contributed by atoms with van der Waals surface area (Å²) in [6.07, 6.45) is 2.57. The molecule has 3 aromatic heterocycles. The van der Waals surface area contributed by atoms with E-state index in [2.05, 4.69) is 10.1 Å². The van der Waals surface area contributed by atoms with E-state index in [0.29, 0.717) is 11.3 Å². The van der Waals surface area contributed by atoms with Crippen molar-refractivity contribution in [2.24, 2.45) is 0 Å². The molecule has 23 heavy (non-hydrogen) atoms. The second-order valence-corrected chi connectivity index (χ2v) is 6.64. The topological polar surface area (TPSA) is 47.8 Å². The molecule has 0 saturated heterocycles. The molecule has 4 nitrogen and oxygen atoms in total. The van der Waals surface area contributed by atoms with Crippen molar-refractivity contribution in [2.75, 3.05) is 0 Å². The van der Waals surface area contributed by atoms with E-state index >= 15 is 0 Å². The average molecular weight is 337 g/mol. The number of aldehydes is 1. The molecule has 0 unspecified atom stereocenters. The zero-order valence-corrected chi connectivity index (χ0v) is 13.6. The van der Waals surface area contributed by atoms with Crippen molar-refractivity contribution < 1.29 is 4.79 Å². The quantitative estimate of drug-likeness (QED) is 0.514. The smallest absolute Gasteiger partial charge is 0.210 e. The molecule has 0 N–H and O–H groups in total. The molecule has 1 aromatic carbocycles. The first-order valence-electron chi connectivity index (χ1n) is 6.95. The summed E-state index contributed by atoms with van der Waals surface area (Å²) in [7, 11) is 0. The number of aromatic nitrogens is 3. The minimum Gasteiger partial charge on any atom is -0.298 e. The first-order chi connectivity index (χ1) is 11.3. The monoisotopic (exact) mass is 337 g/mol. The second kappa shape index (κ2) is 5.91. The molecule has 4 aromatic rings. The van der Waals surface area contributed by atoms with Crippen molar-refractivity contribution in [2.45, 2.75) is 0 Å². The first kappa shape index (κ1) is 14.0. The number of thiazole rings is 1. The van der Waals surface area contributed by atoms with Crippen LogP contribution >= 0.6 is 22.7 Å². The van der Waals surface area contributed by atoms with Crippen LogP contribution in [0, 0.1) is 0 Å². The lowest BCUT2D eigenvalue weighted by Crippen LogP contribution is -1.93. The summed E-state index contributed by atoms with van der Waals surface area (Å²) in [5.41, 5.74) is 3.25. The van der Waals surface area contributed by atoms with Gasteiger partial charge in [0.1, 0.15) is 5.69 Å². The second-order valence-electron chi connectivity index (χ2n) is 4.85. The maximum atomic E-state index is 11.3. The van der Waals surface area contributed by atoms with Gasteiger partial charge in [-0.15, -0.1) is 22.7 Å². The number of rotatable bonds is 4. The van der Waals surface area contributed by atoms with Crippen molar-refractivity contribution >= 4 is 29.0 Å². The van der Waals surface area contributed by atoms with Gasteiger partial charge in [-0.25, -0.2) is 9.67 Å². The van der Waals surface area contributed by atoms with Crippen LogP contribution in [-0.4, -0.2) is 21.1 Å². The van der Waals surface area contributed by atoms with E-state index < -0.39 is 0 Å². The lowest BCUT2D eigenvalue weighted by atomic mass is 10.2. The summed E-state index contributed by atoms with van der Waals surface area (Å²) in [6, 6.07) is 13.9. The fourth-order valence-corrected chi connectivity index (χ4v) is 3.78. The van der Waals surface area contributed by atoms with Crippen LogP contribution < -0.4 is 0 Å². The van der Waals surface area contributed by atoms with Crippen molar-refractivity contribution in [1.29, 1.82) is 0 Å². The van der Waals surface area contributed by atoms with E-state index in [9.17, 15) is 4.79 Å². The third kappa shape index (κ3) is 2.62. The molecule has 0 bridgehead atoms. The minimum absolute atomic E-state index is 0.573. The molecule has 0 aliphatic carbocycles. The van der Waals surface area contributed by atoms with Crippen molar-refractivity contribution in [3.05, 3.63) is 65.0 Å². The predicted octanol–water partition coefficient (Wildman–Crippen LogP) is 4.54. The highest BCUT2D eigenvalue weighted by Gasteiger charge is 2.14. The van der Waals surface area contributed by atoms with Gasteiger partial charge in [0, 0.05) is 17.1 Å². The zero-order chi connectivity index (χ0) is 15.6. The van der Waals surface area contributed by atoms with Crippen LogP contribution in [0.25, 0.3) is 27.0 Å². The molecule has 0 spiro atoms. The lowest BCUT2D eigenvalue weighted by Gasteiger charge is -1.95. The van der Waals surface area contributed by atoms with Crippen molar-refractivity contribution in [1.82, 2.24) is 14.8 Å². The number of hydrogen-bond donors (Lipinski definition) is 0. The summed E-state index contributed by atoms with van der Waals surface area (Å²) >= 11 is 3.07. The first-order valence-corrected chi connectivity index (χ1v) is 8.71. The Morgan fingerprint density at radius 3 is 2.65 bits per heavy atom. The summed E-state index contributed by atoms with van der Waals surface area (Å²) in [4.78, 5) is 16.9. The zero-order valence-electron chi connectivity index (χ0n) is 11.9. The average Bonchev–Trinajstić information content (AvgIpc) is 3.33. The predicted molar refractivity (Wildman–Crippen MR) is 93.4 cm³/mol. The fourth-order valence-electron chi connectivity index (χ4n) is 2.29. The van der Waals surface area contributed by atoms with Crippen molar-refractivity contribution in [3.8, 4) is 27.0 Å². The van der Waals surface area contributed by atoms with Gasteiger partial charge in [0.25, 0.3) is 0 Å². The van der Waals surface area contributed by atoms with E-state index in [4.69, 9.17) is 0 Å². The SMILES string of the molecule is O=Cc1cn(-c2nc(-c3ccccc3)cs2)nc1-c1cccs1. The normalized spacial score (nSPS) is 10.8. The summed E-state index contributed by atoms with van der Waals surface area (Å²) in [5.74, 6) is 0. The number of thiophene rings is 1. The van der Waals surface area contributed by atoms with E-state index in [1.165, 1.54) is 11.3 Å². The van der Waals surface area contributed by atoms with E-state index in [1.807, 2.05) is 53.2 Å². The molecule has 0 fully saturated rings. The maximum absolute atomic E-state index is 11.3. The van der Waals surface area contributed by atoms with Gasteiger partial charge < -0.3 is 0 Å². The summed E-state index contributed by atoms with van der Waals surface area (Å²) in [5, 5.41) is 9.26. The third-order valence-corrected chi connectivity index (χ3v) is 5.09. The van der Waals surface area contributed by atoms with Gasteiger partial charge >= 0.3 is 0 Å². The molecule has 0 saturated carbocycles. The molecule has 4 rings (SSSR count). The van der Waals surface area contributed by atoms with Gasteiger partial charge in [-0.05, 0) is 11.4 Å². The van der Waals surface area contributed by atoms with Gasteiger partial charge in [0.05, 0.1) is 16.1 Å². The van der Waals surface area contributed by atoms with Crippen LogP contribution in [0.2, 0.25) is 0 Å². The molecular weight excluding hydrogens is 326 g/mol. The van der Waals surface area contributed by atoms with Gasteiger partial charge in [-0.1, -0.05) is 36.4 Å². The Bertz CT molecular complexity index is 940. The molecule has 0 amide bonds. The van der Waals surface area contributed by atoms with E-state index in [-0.39, 0.29) is 0 Å². The Morgan fingerprint density at radius 2 is 1.91 bits per heavy atom. The molecule has 0 radical (unpaired) electrons. The highest BCUT2D eigenvalue weighted by atomic mass is 32.1. The van der Waals surface area contributed by atoms with Crippen LogP contribution in [-0.2, 0) is 0 Å². The van der Waals surface area contributed by atoms with E-state index in [0.717, 1.165) is 27.6 Å². The number of carbonyl (C=O) groups is 1. The van der Waals surface area contributed by atoms with Crippen LogP contribution in [0.1, 0.15) is 10.4 Å². The molecule has 3 heterocycles. The molecule has 0 atom stereocenters. The maximum Gasteiger partial charge on any atom is 0.210 e. The number of hydrogen-bond acceptors (Lipinski definition) is 5. The molecule has 6 heteroatoms. The van der Waals surface area contributed by atoms with Gasteiger partial charge in [-0.3, -0.25) is 4.79 Å². The Kier molecular flexibility index (Phi) is 3.61. The highest BCUT2D eigenvalue weighted by molar-refractivity contribution is 7.13. The summed E-state index contributed by atoms with van der Waals surface area (Å²) in [6.45, 7) is 0. The van der Waals surface area contributed by atoms with Crippen molar-refractivity contribution in [3.63, 3.8) is 0 Å². The Balaban J connectivity index is 1.75. The number of benzene rings is 1. The van der Waals surface area contributed by atoms with Gasteiger partial charge in [0.2, 0.25) is 5.13 Å². The van der Waals surface area contributed by atoms with Crippen LogP contribution in [0.4, 0.5) is 0 Å². The van der Waals surface area contributed by atoms with Crippen LogP contribution in [0.3, 0.4) is 0 Å². The highest BCUT2D eigenvalue weighted by Crippen LogP contribution is 2.28. The number of carbonyl (C=O) groups excluding carboxylic acids is 1. The molecule has 112 valence electrons. The Labute approximate surface area is 140 Å². The summed E-state index contributed by atoms with van der Waals surface area (Å²) < 4.78 is 1.68. The van der Waals surface area contributed by atoms with Crippen LogP contribution in [0.5, 0.6) is 0 Å². The van der Waals surface area contributed by atoms with Gasteiger partial charge in [-0.2, -0.15) is 5.10 Å². The Morgan fingerprint density at radius 1 is 1.04 bits per heavy atom. The largest absolute Gasteiger partial charge is 0.298 e. The Hall–Kier alpha value is -2.57. The molecular formula is C17H11N3OS2. The van der Waals surface area contributed by atoms with E-state index in [1.54, 1.807) is 22.2 Å².